The molecule has 0 unspecified atom stereocenters. The second kappa shape index (κ2) is 194. The third kappa shape index (κ3) is 99.8. The van der Waals surface area contributed by atoms with E-state index in [4.69, 9.17) is 0 Å². The van der Waals surface area contributed by atoms with Crippen molar-refractivity contribution in [3.63, 3.8) is 0 Å². The maximum atomic E-state index is 2.06. The van der Waals surface area contributed by atoms with E-state index in [-0.39, 0.29) is 16.4 Å². The van der Waals surface area contributed by atoms with Gasteiger partial charge in [0.1, 0.15) is 0 Å². The van der Waals surface area contributed by atoms with Gasteiger partial charge in [-0.25, -0.2) is 0 Å². The summed E-state index contributed by atoms with van der Waals surface area (Å²) in [6.07, 6.45) is 0. The fourth-order valence-electron chi connectivity index (χ4n) is 0. The van der Waals surface area contributed by atoms with Crippen molar-refractivity contribution in [2.24, 2.45) is 0 Å². The number of rotatable bonds is 0. The minimum atomic E-state index is 0. The first-order chi connectivity index (χ1) is 1.00. The summed E-state index contributed by atoms with van der Waals surface area (Å²) in [5.41, 5.74) is 0. The van der Waals surface area contributed by atoms with Crippen molar-refractivity contribution in [3.8, 4) is 0 Å². The molecule has 0 atom stereocenters. The molecule has 0 rings (SSSR count). The molecule has 5 heavy (non-hydrogen) atoms. The molecule has 0 radical (unpaired) electrons. The normalized spacial score (nSPS) is 1.20. The number of hydrogen-bond acceptors (Lipinski definition) is 0. The van der Waals surface area contributed by atoms with Crippen LogP contribution < -0.4 is 0 Å². The van der Waals surface area contributed by atoms with Gasteiger partial charge >= 0.3 is 24.6 Å². The molecule has 0 heterocycles. The van der Waals surface area contributed by atoms with Gasteiger partial charge in [0.05, 0.1) is 0 Å². The molecule has 0 aliphatic heterocycles. The van der Waals surface area contributed by atoms with Gasteiger partial charge in [0.2, 0.25) is 0 Å². The van der Waals surface area contributed by atoms with Crippen LogP contribution in [0.3, 0.4) is 0 Å². The van der Waals surface area contributed by atoms with Crippen LogP contribution in [-0.2, 0) is 19.2 Å². The van der Waals surface area contributed by atoms with Crippen molar-refractivity contribution < 1.29 is 35.6 Å². The van der Waals surface area contributed by atoms with E-state index in [0.29, 0.717) is 0 Å². The Kier molecular flexibility index (Phi) is 1860. The Morgan fingerprint density at radius 3 is 0.800 bits per heavy atom. The predicted molar refractivity (Wildman–Crippen MR) is 16.7 cm³/mol. The predicted octanol–water partition coefficient (Wildman–Crippen LogP) is -1.89. The van der Waals surface area contributed by atoms with Crippen LogP contribution >= 0.6 is 0 Å². The van der Waals surface area contributed by atoms with E-state index < -0.39 is 0 Å². The van der Waals surface area contributed by atoms with E-state index in [9.17, 15) is 0 Å². The van der Waals surface area contributed by atoms with E-state index in [1.807, 2.05) is 0 Å². The van der Waals surface area contributed by atoms with Gasteiger partial charge in [-0.2, -0.15) is 0 Å². The molecule has 0 aliphatic carbocycles. The molecule has 0 saturated heterocycles. The summed E-state index contributed by atoms with van der Waals surface area (Å²) < 4.78 is 0. The van der Waals surface area contributed by atoms with Gasteiger partial charge in [-0.05, 0) is 0 Å². The molecule has 0 aliphatic rings. The van der Waals surface area contributed by atoms with Crippen LogP contribution in [0.5, 0.6) is 0 Å². The second-order valence-electron chi connectivity index (χ2n) is 0. The van der Waals surface area contributed by atoms with E-state index >= 15 is 0 Å². The zero-order valence-corrected chi connectivity index (χ0v) is 5.59. The second-order valence-corrected chi connectivity index (χ2v) is 0. The molecule has 0 bridgehead atoms. The first-order valence-electron chi connectivity index (χ1n) is 0.378. The Bertz CT molecular complexity index is 6.85. The standard InChI is InChI=1S/CH3.3H2O.Re/h1H3;3*1H2;. The third-order valence-electron chi connectivity index (χ3n) is 0. The monoisotopic (exact) mass is 256 g/mol. The molecule has 0 aromatic heterocycles. The molecule has 6 N–H and O–H groups in total. The summed E-state index contributed by atoms with van der Waals surface area (Å²) in [6.45, 7) is 0. The van der Waals surface area contributed by atoms with Crippen molar-refractivity contribution in [1.29, 1.82) is 0 Å². The van der Waals surface area contributed by atoms with E-state index in [0.717, 1.165) is 0 Å². The van der Waals surface area contributed by atoms with Crippen LogP contribution in [-0.4, -0.2) is 16.4 Å². The molecule has 0 aromatic rings. The summed E-state index contributed by atoms with van der Waals surface area (Å²) in [4.78, 5) is 0. The molecule has 38 valence electrons. The van der Waals surface area contributed by atoms with Crippen LogP contribution in [0.15, 0.2) is 0 Å². The van der Waals surface area contributed by atoms with Crippen molar-refractivity contribution in [2.45, 2.75) is 5.40 Å². The van der Waals surface area contributed by atoms with Crippen molar-refractivity contribution in [1.82, 2.24) is 0 Å². The molecule has 3 nitrogen and oxygen atoms in total. The molecule has 0 amide bonds. The zero-order valence-electron chi connectivity index (χ0n) is 2.88. The average Bonchev–Trinajstić information content (AvgIpc) is 1.00. The maximum absolute atomic E-state index is 2.06. The fraction of sp³-hybridized carbons (Fsp3) is 1.00. The van der Waals surface area contributed by atoms with Gasteiger partial charge < -0.3 is 16.4 Å². The quantitative estimate of drug-likeness (QED) is 0.484. The first kappa shape index (κ1) is 48.1. The summed E-state index contributed by atoms with van der Waals surface area (Å²) in [6, 6.07) is 0. The molecular weight excluding hydrogens is 246 g/mol. The third-order valence-corrected chi connectivity index (χ3v) is 0. The zero-order chi connectivity index (χ0) is 2.00. The van der Waals surface area contributed by atoms with Crippen LogP contribution in [0.2, 0.25) is 5.40 Å². The van der Waals surface area contributed by atoms with Crippen LogP contribution in [0, 0.1) is 0 Å². The molecule has 4 heteroatoms. The Labute approximate surface area is 41.7 Å². The molecule has 0 saturated carbocycles. The minimum absolute atomic E-state index is 0. The summed E-state index contributed by atoms with van der Waals surface area (Å²) in [7, 11) is 0. The molecule has 0 aromatic carbocycles. The molecule has 0 fully saturated rings. The summed E-state index contributed by atoms with van der Waals surface area (Å²) in [5, 5.41) is 2.06. The van der Waals surface area contributed by atoms with Crippen LogP contribution in [0.1, 0.15) is 0 Å². The van der Waals surface area contributed by atoms with Crippen LogP contribution in [0.4, 0.5) is 0 Å². The van der Waals surface area contributed by atoms with E-state index in [1.165, 1.54) is 0 Å². The van der Waals surface area contributed by atoms with Gasteiger partial charge in [0.25, 0.3) is 0 Å². The van der Waals surface area contributed by atoms with Crippen LogP contribution in [0.25, 0.3) is 0 Å². The van der Waals surface area contributed by atoms with Crippen molar-refractivity contribution >= 4 is 0 Å². The van der Waals surface area contributed by atoms with Gasteiger partial charge in [-0.15, -0.1) is 0 Å². The van der Waals surface area contributed by atoms with E-state index in [1.54, 1.807) is 19.2 Å². The van der Waals surface area contributed by atoms with Gasteiger partial charge in [0.15, 0.2) is 0 Å². The Morgan fingerprint density at radius 1 is 0.800 bits per heavy atom. The molecule has 0 spiro atoms. The summed E-state index contributed by atoms with van der Waals surface area (Å²) >= 11 is 1.72. The van der Waals surface area contributed by atoms with Crippen molar-refractivity contribution in [2.75, 3.05) is 0 Å². The summed E-state index contributed by atoms with van der Waals surface area (Å²) in [5.74, 6) is 0. The fourth-order valence-corrected chi connectivity index (χ4v) is 0. The average molecular weight is 255 g/mol. The Hall–Kier alpha value is 0.542. The van der Waals surface area contributed by atoms with Gasteiger partial charge in [-0.1, -0.05) is 0 Å². The topological polar surface area (TPSA) is 94.5 Å². The first-order valence-corrected chi connectivity index (χ1v) is 3.09. The van der Waals surface area contributed by atoms with E-state index in [2.05, 4.69) is 5.40 Å². The Balaban J connectivity index is -0.00000000167. The van der Waals surface area contributed by atoms with Gasteiger partial charge in [0, 0.05) is 0 Å². The van der Waals surface area contributed by atoms with Crippen molar-refractivity contribution in [3.05, 3.63) is 0 Å². The molecular formula is CH9O3Re. The number of hydrogen-bond donors (Lipinski definition) is 0. The SMILES string of the molecule is O.O.O.[CH3][Re]. The van der Waals surface area contributed by atoms with Gasteiger partial charge in [-0.3, -0.25) is 0 Å². The Morgan fingerprint density at radius 2 is 0.800 bits per heavy atom.